The van der Waals surface area contributed by atoms with Crippen molar-refractivity contribution in [2.24, 2.45) is 16.3 Å². The summed E-state index contributed by atoms with van der Waals surface area (Å²) in [5, 5.41) is 15.1. The first-order valence-electron chi connectivity index (χ1n) is 6.89. The molecule has 0 atom stereocenters. The maximum Gasteiger partial charge on any atom is 0.144 e. The predicted octanol–water partition coefficient (Wildman–Crippen LogP) is 2.51. The lowest BCUT2D eigenvalue weighted by molar-refractivity contribution is 0.304. The molecule has 0 unspecified atom stereocenters. The van der Waals surface area contributed by atoms with E-state index in [1.54, 1.807) is 12.1 Å². The molecule has 0 radical (unpaired) electrons. The Bertz CT molecular complexity index is 446. The van der Waals surface area contributed by atoms with Crippen molar-refractivity contribution in [3.8, 4) is 0 Å². The average Bonchev–Trinajstić information content (AvgIpc) is 2.41. The Morgan fingerprint density at radius 2 is 2.15 bits per heavy atom. The molecule has 0 aliphatic heterocycles. The number of halogens is 1. The first-order valence-corrected chi connectivity index (χ1v) is 6.89. The van der Waals surface area contributed by atoms with E-state index in [0.29, 0.717) is 0 Å². The summed E-state index contributed by atoms with van der Waals surface area (Å²) in [6, 6.07) is 6.66. The van der Waals surface area contributed by atoms with Gasteiger partial charge in [-0.1, -0.05) is 31.1 Å². The predicted molar refractivity (Wildman–Crippen MR) is 79.4 cm³/mol. The molecule has 0 heterocycles. The number of oxime groups is 1. The molecule has 0 saturated carbocycles. The van der Waals surface area contributed by atoms with Crippen LogP contribution in [0, 0.1) is 11.2 Å². The van der Waals surface area contributed by atoms with E-state index >= 15 is 0 Å². The van der Waals surface area contributed by atoms with Gasteiger partial charge in [0.2, 0.25) is 0 Å². The number of hydrogen-bond acceptors (Lipinski definition) is 3. The highest BCUT2D eigenvalue weighted by Gasteiger charge is 2.22. The third-order valence-electron chi connectivity index (χ3n) is 3.44. The molecule has 1 aromatic rings. The lowest BCUT2D eigenvalue weighted by Gasteiger charge is -2.22. The van der Waals surface area contributed by atoms with E-state index in [2.05, 4.69) is 10.5 Å². The van der Waals surface area contributed by atoms with Crippen molar-refractivity contribution in [1.82, 2.24) is 5.32 Å². The Labute approximate surface area is 119 Å². The second-order valence-electron chi connectivity index (χ2n) is 5.60. The van der Waals surface area contributed by atoms with Gasteiger partial charge in [0.1, 0.15) is 11.7 Å². The number of rotatable bonds is 8. The molecular weight excluding hydrogens is 257 g/mol. The van der Waals surface area contributed by atoms with Gasteiger partial charge in [-0.2, -0.15) is 0 Å². The van der Waals surface area contributed by atoms with E-state index in [9.17, 15) is 4.39 Å². The largest absolute Gasteiger partial charge is 0.409 e. The topological polar surface area (TPSA) is 70.6 Å². The van der Waals surface area contributed by atoms with Crippen LogP contribution in [0.3, 0.4) is 0 Å². The zero-order valence-corrected chi connectivity index (χ0v) is 12.2. The molecule has 0 aromatic heterocycles. The van der Waals surface area contributed by atoms with Gasteiger partial charge in [-0.05, 0) is 50.0 Å². The smallest absolute Gasteiger partial charge is 0.144 e. The van der Waals surface area contributed by atoms with Gasteiger partial charge in [-0.15, -0.1) is 0 Å². The highest BCUT2D eigenvalue weighted by Crippen LogP contribution is 2.21. The van der Waals surface area contributed by atoms with Crippen LogP contribution in [-0.2, 0) is 6.42 Å². The van der Waals surface area contributed by atoms with Gasteiger partial charge in [0.15, 0.2) is 0 Å². The normalized spacial score (nSPS) is 12.7. The van der Waals surface area contributed by atoms with Crippen molar-refractivity contribution in [2.45, 2.75) is 33.1 Å². The van der Waals surface area contributed by atoms with Crippen LogP contribution in [-0.4, -0.2) is 24.1 Å². The van der Waals surface area contributed by atoms with Crippen LogP contribution in [0.25, 0.3) is 0 Å². The first kappa shape index (κ1) is 16.4. The molecule has 1 rings (SSSR count). The number of nitrogens with one attached hydrogen (secondary N) is 1. The van der Waals surface area contributed by atoms with Crippen molar-refractivity contribution in [2.75, 3.05) is 13.1 Å². The molecule has 0 bridgehead atoms. The number of nitrogens with zero attached hydrogens (tertiary/aromatic N) is 1. The molecule has 1 aromatic carbocycles. The highest BCUT2D eigenvalue weighted by atomic mass is 19.1. The third kappa shape index (κ3) is 5.57. The van der Waals surface area contributed by atoms with E-state index < -0.39 is 0 Å². The molecule has 4 nitrogen and oxygen atoms in total. The summed E-state index contributed by atoms with van der Waals surface area (Å²) in [7, 11) is 0. The minimum absolute atomic E-state index is 0.192. The fourth-order valence-corrected chi connectivity index (χ4v) is 1.97. The molecule has 0 aliphatic carbocycles. The van der Waals surface area contributed by atoms with Gasteiger partial charge in [0, 0.05) is 5.41 Å². The molecule has 20 heavy (non-hydrogen) atoms. The first-order chi connectivity index (χ1) is 9.45. The quantitative estimate of drug-likeness (QED) is 0.225. The Hall–Kier alpha value is -1.62. The third-order valence-corrected chi connectivity index (χ3v) is 3.44. The van der Waals surface area contributed by atoms with Crippen LogP contribution >= 0.6 is 0 Å². The minimum Gasteiger partial charge on any atom is -0.409 e. The zero-order valence-electron chi connectivity index (χ0n) is 12.2. The molecule has 112 valence electrons. The van der Waals surface area contributed by atoms with Crippen molar-refractivity contribution >= 4 is 5.84 Å². The van der Waals surface area contributed by atoms with Crippen LogP contribution in [0.2, 0.25) is 0 Å². The van der Waals surface area contributed by atoms with E-state index in [1.807, 2.05) is 19.9 Å². The minimum atomic E-state index is -0.293. The molecular formula is C15H24FN3O. The van der Waals surface area contributed by atoms with E-state index in [1.165, 1.54) is 6.07 Å². The summed E-state index contributed by atoms with van der Waals surface area (Å²) < 4.78 is 13.0. The van der Waals surface area contributed by atoms with Crippen LogP contribution in [0.1, 0.15) is 32.3 Å². The molecule has 0 aliphatic rings. The maximum atomic E-state index is 13.0. The zero-order chi connectivity index (χ0) is 15.0. The number of amidine groups is 1. The van der Waals surface area contributed by atoms with Crippen molar-refractivity contribution < 1.29 is 9.60 Å². The lowest BCUT2D eigenvalue weighted by atomic mass is 9.86. The van der Waals surface area contributed by atoms with Crippen molar-refractivity contribution in [3.05, 3.63) is 35.6 Å². The van der Waals surface area contributed by atoms with Gasteiger partial charge in [0.05, 0.1) is 0 Å². The monoisotopic (exact) mass is 281 g/mol. The highest BCUT2D eigenvalue weighted by molar-refractivity contribution is 5.85. The summed E-state index contributed by atoms with van der Waals surface area (Å²) >= 11 is 0. The van der Waals surface area contributed by atoms with E-state index in [0.717, 1.165) is 37.9 Å². The molecule has 0 amide bonds. The second kappa shape index (κ2) is 7.85. The molecule has 0 saturated heterocycles. The Kier molecular flexibility index (Phi) is 6.45. The number of benzene rings is 1. The van der Waals surface area contributed by atoms with Crippen molar-refractivity contribution in [1.29, 1.82) is 0 Å². The van der Waals surface area contributed by atoms with Gasteiger partial charge in [-0.25, -0.2) is 4.39 Å². The van der Waals surface area contributed by atoms with Gasteiger partial charge in [-0.3, -0.25) is 0 Å². The molecule has 0 spiro atoms. The standard InChI is InChI=1S/C15H24FN3O/c1-15(2,14(17)19-20)8-4-9-18-10-7-12-5-3-6-13(16)11-12/h3,5-6,11,18,20H,4,7-10H2,1-2H3,(H2,17,19). The van der Waals surface area contributed by atoms with Crippen LogP contribution in [0.5, 0.6) is 0 Å². The van der Waals surface area contributed by atoms with E-state index in [-0.39, 0.29) is 17.1 Å². The molecule has 5 heteroatoms. The van der Waals surface area contributed by atoms with E-state index in [4.69, 9.17) is 10.9 Å². The van der Waals surface area contributed by atoms with Crippen LogP contribution < -0.4 is 11.1 Å². The lowest BCUT2D eigenvalue weighted by Crippen LogP contribution is -2.32. The SMILES string of the molecule is CC(C)(CCCNCCc1cccc(F)c1)C(N)=NO. The summed E-state index contributed by atoms with van der Waals surface area (Å²) in [6.45, 7) is 5.58. The summed E-state index contributed by atoms with van der Waals surface area (Å²) in [4.78, 5) is 0. The van der Waals surface area contributed by atoms with Crippen LogP contribution in [0.15, 0.2) is 29.4 Å². The molecule has 4 N–H and O–H groups in total. The fourth-order valence-electron chi connectivity index (χ4n) is 1.97. The summed E-state index contributed by atoms with van der Waals surface area (Å²) in [5.74, 6) is 0.0697. The van der Waals surface area contributed by atoms with Gasteiger partial charge >= 0.3 is 0 Å². The van der Waals surface area contributed by atoms with Gasteiger partial charge in [0.25, 0.3) is 0 Å². The molecule has 0 fully saturated rings. The fraction of sp³-hybridized carbons (Fsp3) is 0.533. The summed E-state index contributed by atoms with van der Waals surface area (Å²) in [6.07, 6.45) is 2.59. The second-order valence-corrected chi connectivity index (χ2v) is 5.60. The summed E-state index contributed by atoms with van der Waals surface area (Å²) in [5.41, 5.74) is 6.33. The Balaban J connectivity index is 2.17. The maximum absolute atomic E-state index is 13.0. The number of nitrogens with two attached hydrogens (primary N) is 1. The van der Waals surface area contributed by atoms with Crippen LogP contribution in [0.4, 0.5) is 4.39 Å². The Morgan fingerprint density at radius 1 is 1.40 bits per heavy atom. The Morgan fingerprint density at radius 3 is 2.80 bits per heavy atom. The average molecular weight is 281 g/mol. The number of hydrogen-bond donors (Lipinski definition) is 3. The van der Waals surface area contributed by atoms with Gasteiger partial charge < -0.3 is 16.3 Å². The van der Waals surface area contributed by atoms with Crippen molar-refractivity contribution in [3.63, 3.8) is 0 Å².